The topological polar surface area (TPSA) is 50.5 Å². The second kappa shape index (κ2) is 7.58. The lowest BCUT2D eigenvalue weighted by atomic mass is 9.90. The second-order valence-corrected chi connectivity index (χ2v) is 7.75. The monoisotopic (exact) mass is 343 g/mol. The molecular weight excluding hydrogens is 314 g/mol. The molecule has 0 aliphatic carbocycles. The van der Waals surface area contributed by atoms with Gasteiger partial charge in [0.1, 0.15) is 5.76 Å². The second-order valence-electron chi connectivity index (χ2n) is 7.75. The summed E-state index contributed by atoms with van der Waals surface area (Å²) in [6.45, 7) is 6.64. The van der Waals surface area contributed by atoms with Gasteiger partial charge in [0.2, 0.25) is 0 Å². The molecule has 1 aliphatic heterocycles. The third-order valence-corrected chi connectivity index (χ3v) is 4.61. The van der Waals surface area contributed by atoms with E-state index in [1.807, 2.05) is 0 Å². The summed E-state index contributed by atoms with van der Waals surface area (Å²) >= 11 is 0. The predicted octanol–water partition coefficient (Wildman–Crippen LogP) is 3.04. The molecule has 2 heterocycles. The summed E-state index contributed by atoms with van der Waals surface area (Å²) in [4.78, 5) is 2.11. The molecule has 0 radical (unpaired) electrons. The fourth-order valence-electron chi connectivity index (χ4n) is 3.10. The molecule has 0 atom stereocenters. The Bertz CT molecular complexity index is 673. The Kier molecular flexibility index (Phi) is 5.45. The summed E-state index contributed by atoms with van der Waals surface area (Å²) in [5, 5.41) is 7.92. The van der Waals surface area contributed by atoms with Crippen LogP contribution in [-0.4, -0.2) is 38.0 Å². The van der Waals surface area contributed by atoms with E-state index in [0.717, 1.165) is 44.1 Å². The number of nitrogens with one attached hydrogen (secondary N) is 1. The molecule has 3 rings (SSSR count). The Labute approximate surface area is 150 Å². The molecule has 0 saturated carbocycles. The van der Waals surface area contributed by atoms with Crippen LogP contribution in [0.15, 0.2) is 34.9 Å². The van der Waals surface area contributed by atoms with Crippen LogP contribution in [0.25, 0.3) is 0 Å². The standard InChI is InChI=1S/C20H29N3O2/c1-15(2)9-19-10-17(22-25-19)11-20(13-24-14-20)21-12-16-5-7-18(8-6-16)23(3)4/h5-8,10,15,21H,9,11-14H2,1-4H3. The lowest BCUT2D eigenvalue weighted by Gasteiger charge is -2.42. The molecule has 1 aromatic carbocycles. The Morgan fingerprint density at radius 3 is 2.48 bits per heavy atom. The van der Waals surface area contributed by atoms with Crippen molar-refractivity contribution < 1.29 is 9.26 Å². The van der Waals surface area contributed by atoms with Gasteiger partial charge in [0.05, 0.1) is 24.4 Å². The van der Waals surface area contributed by atoms with Gasteiger partial charge < -0.3 is 19.5 Å². The smallest absolute Gasteiger partial charge is 0.137 e. The van der Waals surface area contributed by atoms with Crippen LogP contribution < -0.4 is 10.2 Å². The molecule has 1 saturated heterocycles. The Morgan fingerprint density at radius 2 is 1.92 bits per heavy atom. The number of aromatic nitrogens is 1. The van der Waals surface area contributed by atoms with Crippen molar-refractivity contribution in [3.63, 3.8) is 0 Å². The molecule has 0 bridgehead atoms. The van der Waals surface area contributed by atoms with Gasteiger partial charge in [-0.25, -0.2) is 0 Å². The first-order valence-electron chi connectivity index (χ1n) is 8.99. The number of hydrogen-bond acceptors (Lipinski definition) is 5. The van der Waals surface area contributed by atoms with Crippen molar-refractivity contribution in [2.75, 3.05) is 32.2 Å². The van der Waals surface area contributed by atoms with Crippen LogP contribution in [0.1, 0.15) is 30.9 Å². The van der Waals surface area contributed by atoms with E-state index in [1.54, 1.807) is 0 Å². The van der Waals surface area contributed by atoms with Gasteiger partial charge in [-0.3, -0.25) is 0 Å². The maximum atomic E-state index is 5.49. The van der Waals surface area contributed by atoms with Crippen molar-refractivity contribution in [3.8, 4) is 0 Å². The lowest BCUT2D eigenvalue weighted by molar-refractivity contribution is -0.0755. The van der Waals surface area contributed by atoms with E-state index in [2.05, 4.69) is 73.6 Å². The zero-order valence-corrected chi connectivity index (χ0v) is 15.7. The van der Waals surface area contributed by atoms with Gasteiger partial charge in [-0.2, -0.15) is 0 Å². The van der Waals surface area contributed by atoms with E-state index in [-0.39, 0.29) is 5.54 Å². The Balaban J connectivity index is 1.58. The van der Waals surface area contributed by atoms with E-state index in [1.165, 1.54) is 11.3 Å². The first kappa shape index (κ1) is 18.0. The highest BCUT2D eigenvalue weighted by molar-refractivity contribution is 5.46. The van der Waals surface area contributed by atoms with Gasteiger partial charge >= 0.3 is 0 Å². The van der Waals surface area contributed by atoms with Crippen LogP contribution in [0.3, 0.4) is 0 Å². The van der Waals surface area contributed by atoms with Gasteiger partial charge in [0.25, 0.3) is 0 Å². The molecule has 0 unspecified atom stereocenters. The zero-order valence-electron chi connectivity index (χ0n) is 15.7. The highest BCUT2D eigenvalue weighted by Crippen LogP contribution is 2.24. The maximum absolute atomic E-state index is 5.49. The first-order chi connectivity index (χ1) is 12.0. The zero-order chi connectivity index (χ0) is 17.9. The number of nitrogens with zero attached hydrogens (tertiary/aromatic N) is 2. The third-order valence-electron chi connectivity index (χ3n) is 4.61. The molecule has 0 amide bonds. The van der Waals surface area contributed by atoms with Crippen LogP contribution in [0.5, 0.6) is 0 Å². The minimum atomic E-state index is -0.0355. The summed E-state index contributed by atoms with van der Waals surface area (Å²) in [5.41, 5.74) is 3.46. The number of anilines is 1. The Morgan fingerprint density at radius 1 is 1.20 bits per heavy atom. The number of hydrogen-bond donors (Lipinski definition) is 1. The first-order valence-corrected chi connectivity index (χ1v) is 8.99. The fraction of sp³-hybridized carbons (Fsp3) is 0.550. The molecule has 1 aromatic heterocycles. The van der Waals surface area contributed by atoms with Gasteiger partial charge in [-0.15, -0.1) is 0 Å². The average molecular weight is 343 g/mol. The molecule has 1 N–H and O–H groups in total. The van der Waals surface area contributed by atoms with Crippen molar-refractivity contribution in [2.24, 2.45) is 5.92 Å². The van der Waals surface area contributed by atoms with E-state index in [9.17, 15) is 0 Å². The Hall–Kier alpha value is -1.85. The lowest BCUT2D eigenvalue weighted by Crippen LogP contribution is -2.61. The number of ether oxygens (including phenoxy) is 1. The quantitative estimate of drug-likeness (QED) is 0.798. The minimum Gasteiger partial charge on any atom is -0.378 e. The SMILES string of the molecule is CC(C)Cc1cc(CC2(NCc3ccc(N(C)C)cc3)COC2)no1. The largest absolute Gasteiger partial charge is 0.378 e. The van der Waals surface area contributed by atoms with Gasteiger partial charge in [0.15, 0.2) is 0 Å². The highest BCUT2D eigenvalue weighted by Gasteiger charge is 2.39. The molecule has 5 heteroatoms. The minimum absolute atomic E-state index is 0.0355. The molecule has 2 aromatic rings. The molecule has 25 heavy (non-hydrogen) atoms. The summed E-state index contributed by atoms with van der Waals surface area (Å²) in [5.74, 6) is 1.55. The van der Waals surface area contributed by atoms with Gasteiger partial charge in [-0.05, 0) is 23.6 Å². The van der Waals surface area contributed by atoms with Crippen LogP contribution in [-0.2, 0) is 24.1 Å². The van der Waals surface area contributed by atoms with E-state index in [4.69, 9.17) is 9.26 Å². The van der Waals surface area contributed by atoms with Crippen molar-refractivity contribution in [2.45, 2.75) is 38.8 Å². The number of benzene rings is 1. The summed E-state index contributed by atoms with van der Waals surface area (Å²) in [6.07, 6.45) is 1.77. The summed E-state index contributed by atoms with van der Waals surface area (Å²) < 4.78 is 11.0. The van der Waals surface area contributed by atoms with Gasteiger partial charge in [-0.1, -0.05) is 31.1 Å². The van der Waals surface area contributed by atoms with Crippen LogP contribution in [0.4, 0.5) is 5.69 Å². The summed E-state index contributed by atoms with van der Waals surface area (Å²) in [6, 6.07) is 10.7. The van der Waals surface area contributed by atoms with Gasteiger partial charge in [0, 0.05) is 45.2 Å². The molecule has 5 nitrogen and oxygen atoms in total. The molecule has 1 fully saturated rings. The molecule has 0 spiro atoms. The maximum Gasteiger partial charge on any atom is 0.137 e. The fourth-order valence-corrected chi connectivity index (χ4v) is 3.10. The van der Waals surface area contributed by atoms with E-state index >= 15 is 0 Å². The average Bonchev–Trinajstić information content (AvgIpc) is 2.96. The molecular formula is C20H29N3O2. The van der Waals surface area contributed by atoms with Crippen LogP contribution in [0, 0.1) is 5.92 Å². The van der Waals surface area contributed by atoms with E-state index < -0.39 is 0 Å². The van der Waals surface area contributed by atoms with Crippen LogP contribution in [0.2, 0.25) is 0 Å². The molecule has 1 aliphatic rings. The van der Waals surface area contributed by atoms with Crippen molar-refractivity contribution >= 4 is 5.69 Å². The normalized spacial score (nSPS) is 16.0. The van der Waals surface area contributed by atoms with E-state index in [0.29, 0.717) is 5.92 Å². The summed E-state index contributed by atoms with van der Waals surface area (Å²) in [7, 11) is 4.11. The van der Waals surface area contributed by atoms with Crippen molar-refractivity contribution in [1.82, 2.24) is 10.5 Å². The van der Waals surface area contributed by atoms with Crippen molar-refractivity contribution in [1.29, 1.82) is 0 Å². The van der Waals surface area contributed by atoms with Crippen LogP contribution >= 0.6 is 0 Å². The molecule has 136 valence electrons. The third kappa shape index (κ3) is 4.61. The predicted molar refractivity (Wildman–Crippen MR) is 99.9 cm³/mol. The highest BCUT2D eigenvalue weighted by atomic mass is 16.5. The van der Waals surface area contributed by atoms with Crippen molar-refractivity contribution in [3.05, 3.63) is 47.3 Å². The number of rotatable bonds is 8.